The lowest BCUT2D eigenvalue weighted by molar-refractivity contribution is -0.129. The summed E-state index contributed by atoms with van der Waals surface area (Å²) in [6.07, 6.45) is 2.75. The van der Waals surface area contributed by atoms with E-state index in [0.717, 1.165) is 34.1 Å². The zero-order valence-electron chi connectivity index (χ0n) is 15.2. The van der Waals surface area contributed by atoms with E-state index in [1.807, 2.05) is 32.0 Å². The van der Waals surface area contributed by atoms with Crippen molar-refractivity contribution in [1.82, 2.24) is 9.88 Å². The number of fused-ring (bicyclic) bond motifs is 1. The van der Waals surface area contributed by atoms with E-state index in [0.29, 0.717) is 13.0 Å². The Kier molecular flexibility index (Phi) is 4.56. The van der Waals surface area contributed by atoms with Gasteiger partial charge in [-0.15, -0.1) is 0 Å². The Labute approximate surface area is 157 Å². The molecule has 7 heteroatoms. The van der Waals surface area contributed by atoms with Gasteiger partial charge < -0.3 is 15.1 Å². The fourth-order valence-corrected chi connectivity index (χ4v) is 4.74. The van der Waals surface area contributed by atoms with E-state index in [1.165, 1.54) is 12.8 Å². The number of likely N-dealkylation sites (tertiary alicyclic amines) is 1. The number of thiazole rings is 1. The number of hydrogen-bond donors (Lipinski definition) is 1. The zero-order chi connectivity index (χ0) is 18.3. The third-order valence-electron chi connectivity index (χ3n) is 5.17. The molecule has 2 aromatic rings. The monoisotopic (exact) mass is 372 g/mol. The van der Waals surface area contributed by atoms with Crippen LogP contribution in [-0.4, -0.2) is 47.4 Å². The number of nitrogens with one attached hydrogen (secondary N) is 1. The Balaban J connectivity index is 1.47. The minimum Gasteiger partial charge on any atom is -0.348 e. The molecule has 1 atom stereocenters. The lowest BCUT2D eigenvalue weighted by Crippen LogP contribution is -2.33. The summed E-state index contributed by atoms with van der Waals surface area (Å²) in [5.74, 6) is -0.291. The Hall–Kier alpha value is -2.15. The van der Waals surface area contributed by atoms with Crippen LogP contribution in [0.5, 0.6) is 0 Å². The predicted octanol–water partition coefficient (Wildman–Crippen LogP) is 3.09. The summed E-state index contributed by atoms with van der Waals surface area (Å²) in [7, 11) is 0. The largest absolute Gasteiger partial charge is 0.348 e. The number of hydrogen-bond acceptors (Lipinski definition) is 5. The summed E-state index contributed by atoms with van der Waals surface area (Å²) in [6, 6.07) is 5.98. The van der Waals surface area contributed by atoms with Gasteiger partial charge in [0.25, 0.3) is 0 Å². The van der Waals surface area contributed by atoms with E-state index in [2.05, 4.69) is 10.2 Å². The molecular weight excluding hydrogens is 348 g/mol. The molecule has 1 aromatic carbocycles. The Morgan fingerprint density at radius 1 is 1.31 bits per heavy atom. The third-order valence-corrected chi connectivity index (χ3v) is 6.25. The van der Waals surface area contributed by atoms with E-state index in [9.17, 15) is 9.59 Å². The van der Waals surface area contributed by atoms with Crippen molar-refractivity contribution in [2.75, 3.05) is 29.9 Å². The fourth-order valence-electron chi connectivity index (χ4n) is 3.68. The van der Waals surface area contributed by atoms with Crippen LogP contribution >= 0.6 is 11.3 Å². The first-order chi connectivity index (χ1) is 12.5. The minimum absolute atomic E-state index is 0.0633. The van der Waals surface area contributed by atoms with Gasteiger partial charge in [0.1, 0.15) is 0 Å². The molecule has 0 radical (unpaired) electrons. The molecule has 0 saturated carbocycles. The van der Waals surface area contributed by atoms with E-state index in [1.54, 1.807) is 16.2 Å². The molecule has 2 aliphatic heterocycles. The molecule has 4 rings (SSSR count). The molecule has 2 aliphatic rings. The van der Waals surface area contributed by atoms with Gasteiger partial charge in [-0.2, -0.15) is 0 Å². The van der Waals surface area contributed by atoms with Crippen LogP contribution in [-0.2, 0) is 9.59 Å². The van der Waals surface area contributed by atoms with E-state index >= 15 is 0 Å². The van der Waals surface area contributed by atoms with Crippen LogP contribution in [0.2, 0.25) is 0 Å². The van der Waals surface area contributed by atoms with Gasteiger partial charge >= 0.3 is 0 Å². The highest BCUT2D eigenvalue weighted by molar-refractivity contribution is 7.22. The number of benzene rings is 1. The SMILES string of the molecule is CC(C)N1C[C@H](C(=O)Nc2ccc3nc(N4CCCC4)sc3c2)CC1=O. The van der Waals surface area contributed by atoms with Crippen LogP contribution in [0.25, 0.3) is 10.2 Å². The highest BCUT2D eigenvalue weighted by Crippen LogP contribution is 2.32. The number of rotatable bonds is 4. The van der Waals surface area contributed by atoms with Gasteiger partial charge in [-0.3, -0.25) is 9.59 Å². The van der Waals surface area contributed by atoms with Crippen molar-refractivity contribution in [2.24, 2.45) is 5.92 Å². The van der Waals surface area contributed by atoms with Gasteiger partial charge in [0.15, 0.2) is 5.13 Å². The van der Waals surface area contributed by atoms with E-state index < -0.39 is 0 Å². The number of nitrogens with zero attached hydrogens (tertiary/aromatic N) is 3. The summed E-state index contributed by atoms with van der Waals surface area (Å²) in [4.78, 5) is 33.4. The summed E-state index contributed by atoms with van der Waals surface area (Å²) >= 11 is 1.67. The highest BCUT2D eigenvalue weighted by atomic mass is 32.1. The van der Waals surface area contributed by atoms with Crippen molar-refractivity contribution in [3.63, 3.8) is 0 Å². The van der Waals surface area contributed by atoms with Gasteiger partial charge in [0, 0.05) is 37.8 Å². The quantitative estimate of drug-likeness (QED) is 0.896. The van der Waals surface area contributed by atoms with Crippen molar-refractivity contribution in [3.8, 4) is 0 Å². The molecule has 0 unspecified atom stereocenters. The molecule has 0 aliphatic carbocycles. The number of amides is 2. The predicted molar refractivity (Wildman–Crippen MR) is 105 cm³/mol. The summed E-state index contributed by atoms with van der Waals surface area (Å²) < 4.78 is 1.08. The number of anilines is 2. The maximum atomic E-state index is 12.6. The van der Waals surface area contributed by atoms with Crippen molar-refractivity contribution in [3.05, 3.63) is 18.2 Å². The van der Waals surface area contributed by atoms with Crippen LogP contribution < -0.4 is 10.2 Å². The molecule has 3 heterocycles. The molecular formula is C19H24N4O2S. The molecule has 1 aromatic heterocycles. The zero-order valence-corrected chi connectivity index (χ0v) is 16.0. The minimum atomic E-state index is -0.276. The normalized spacial score (nSPS) is 20.6. The van der Waals surface area contributed by atoms with Gasteiger partial charge in [-0.25, -0.2) is 4.98 Å². The third kappa shape index (κ3) is 3.28. The van der Waals surface area contributed by atoms with Gasteiger partial charge in [-0.05, 0) is 44.9 Å². The molecule has 2 saturated heterocycles. The van der Waals surface area contributed by atoms with Crippen LogP contribution in [0.1, 0.15) is 33.1 Å². The second-order valence-electron chi connectivity index (χ2n) is 7.40. The Morgan fingerprint density at radius 3 is 2.77 bits per heavy atom. The summed E-state index contributed by atoms with van der Waals surface area (Å²) in [5, 5.41) is 4.05. The standard InChI is InChI=1S/C19H24N4O2S/c1-12(2)23-11-13(9-17(23)24)18(25)20-14-5-6-15-16(10-14)26-19(21-15)22-7-3-4-8-22/h5-6,10,12-13H,3-4,7-9,11H2,1-2H3,(H,20,25)/t13-/m1/s1. The van der Waals surface area contributed by atoms with E-state index in [-0.39, 0.29) is 23.8 Å². The van der Waals surface area contributed by atoms with Crippen LogP contribution in [0, 0.1) is 5.92 Å². The first kappa shape index (κ1) is 17.3. The Bertz CT molecular complexity index is 841. The first-order valence-corrected chi connectivity index (χ1v) is 10.1. The molecule has 6 nitrogen and oxygen atoms in total. The molecule has 0 bridgehead atoms. The maximum Gasteiger partial charge on any atom is 0.229 e. The van der Waals surface area contributed by atoms with Crippen molar-refractivity contribution >= 4 is 44.2 Å². The van der Waals surface area contributed by atoms with Crippen LogP contribution in [0.3, 0.4) is 0 Å². The average Bonchev–Trinajstić information content (AvgIpc) is 3.32. The number of aromatic nitrogens is 1. The van der Waals surface area contributed by atoms with Gasteiger partial charge in [0.2, 0.25) is 11.8 Å². The lowest BCUT2D eigenvalue weighted by atomic mass is 10.1. The van der Waals surface area contributed by atoms with E-state index in [4.69, 9.17) is 4.98 Å². The Morgan fingerprint density at radius 2 is 2.08 bits per heavy atom. The lowest BCUT2D eigenvalue weighted by Gasteiger charge is -2.20. The molecule has 2 fully saturated rings. The maximum absolute atomic E-state index is 12.6. The van der Waals surface area contributed by atoms with Gasteiger partial charge in [0.05, 0.1) is 16.1 Å². The second-order valence-corrected chi connectivity index (χ2v) is 8.41. The number of carbonyl (C=O) groups is 2. The molecule has 1 N–H and O–H groups in total. The highest BCUT2D eigenvalue weighted by Gasteiger charge is 2.35. The fraction of sp³-hybridized carbons (Fsp3) is 0.526. The smallest absolute Gasteiger partial charge is 0.229 e. The summed E-state index contributed by atoms with van der Waals surface area (Å²) in [6.45, 7) is 6.61. The van der Waals surface area contributed by atoms with Crippen molar-refractivity contribution in [2.45, 2.75) is 39.2 Å². The summed E-state index contributed by atoms with van der Waals surface area (Å²) in [5.41, 5.74) is 1.74. The van der Waals surface area contributed by atoms with Gasteiger partial charge in [-0.1, -0.05) is 11.3 Å². The second kappa shape index (κ2) is 6.87. The molecule has 138 valence electrons. The average molecular weight is 372 g/mol. The molecule has 0 spiro atoms. The molecule has 26 heavy (non-hydrogen) atoms. The molecule has 2 amide bonds. The first-order valence-electron chi connectivity index (χ1n) is 9.27. The van der Waals surface area contributed by atoms with Crippen LogP contribution in [0.4, 0.5) is 10.8 Å². The van der Waals surface area contributed by atoms with Crippen LogP contribution in [0.15, 0.2) is 18.2 Å². The number of carbonyl (C=O) groups excluding carboxylic acids is 2. The van der Waals surface area contributed by atoms with Crippen molar-refractivity contribution in [1.29, 1.82) is 0 Å². The topological polar surface area (TPSA) is 65.5 Å². The van der Waals surface area contributed by atoms with Crippen molar-refractivity contribution < 1.29 is 9.59 Å².